The SMILES string of the molecule is CCCC(=O)NCc1c(F)c(F)[c]([Ti]([C]2=CC=CC2)([C]2=CC=CC2)[c]2c(F)c(F)c(CNC(=O)CCC)c(F)c2F)c(F)c1F. The number of carbonyl (C=O) groups is 2. The molecule has 4 rings (SSSR count). The summed E-state index contributed by atoms with van der Waals surface area (Å²) in [5.41, 5.74) is -2.33. The van der Waals surface area contributed by atoms with Crippen LogP contribution in [0.1, 0.15) is 63.5 Å². The average Bonchev–Trinajstić information content (AvgIpc) is 3.74. The van der Waals surface area contributed by atoms with E-state index >= 15 is 35.1 Å². The Bertz CT molecular complexity index is 1490. The number of allylic oxidation sites excluding steroid dienone is 8. The molecule has 0 unspecified atom stereocenters. The van der Waals surface area contributed by atoms with Gasteiger partial charge in [-0.05, 0) is 0 Å². The van der Waals surface area contributed by atoms with E-state index in [-0.39, 0.29) is 33.4 Å². The van der Waals surface area contributed by atoms with Crippen molar-refractivity contribution in [2.45, 2.75) is 65.5 Å². The molecule has 45 heavy (non-hydrogen) atoms. The number of carbonyl (C=O) groups excluding carboxylic acids is 2. The summed E-state index contributed by atoms with van der Waals surface area (Å²) < 4.78 is 125. The molecule has 0 fully saturated rings. The van der Waals surface area contributed by atoms with E-state index in [2.05, 4.69) is 10.6 Å². The first-order valence-corrected chi connectivity index (χ1v) is 17.5. The number of nitrogens with one attached hydrogen (secondary N) is 2. The summed E-state index contributed by atoms with van der Waals surface area (Å²) in [6, 6.07) is 0. The predicted octanol–water partition coefficient (Wildman–Crippen LogP) is 6.42. The first-order chi connectivity index (χ1) is 21.4. The van der Waals surface area contributed by atoms with Crippen LogP contribution in [0.3, 0.4) is 0 Å². The fourth-order valence-corrected chi connectivity index (χ4v) is 13.9. The van der Waals surface area contributed by atoms with Gasteiger partial charge in [0.15, 0.2) is 0 Å². The molecule has 2 amide bonds. The predicted molar refractivity (Wildman–Crippen MR) is 149 cm³/mol. The van der Waals surface area contributed by atoms with Crippen molar-refractivity contribution >= 4 is 19.6 Å². The van der Waals surface area contributed by atoms with E-state index < -0.39 is 107 Å². The average molecular weight is 674 g/mol. The van der Waals surface area contributed by atoms with Crippen molar-refractivity contribution in [3.63, 3.8) is 0 Å². The molecule has 0 aliphatic heterocycles. The van der Waals surface area contributed by atoms with Crippen molar-refractivity contribution in [2.75, 3.05) is 0 Å². The van der Waals surface area contributed by atoms with Crippen molar-refractivity contribution in [1.29, 1.82) is 0 Å². The van der Waals surface area contributed by atoms with Gasteiger partial charge in [-0.2, -0.15) is 0 Å². The Morgan fingerprint density at radius 3 is 1.20 bits per heavy atom. The van der Waals surface area contributed by atoms with Crippen LogP contribution < -0.4 is 18.4 Å². The van der Waals surface area contributed by atoms with Crippen molar-refractivity contribution in [2.24, 2.45) is 0 Å². The minimum absolute atomic E-state index is 0.0268. The first-order valence-electron chi connectivity index (χ1n) is 14.4. The number of amides is 2. The Labute approximate surface area is 258 Å². The van der Waals surface area contributed by atoms with Gasteiger partial charge in [-0.25, -0.2) is 0 Å². The molecular weight excluding hydrogens is 644 g/mol. The van der Waals surface area contributed by atoms with E-state index in [1.165, 1.54) is 36.5 Å². The topological polar surface area (TPSA) is 58.2 Å². The molecule has 2 aromatic rings. The van der Waals surface area contributed by atoms with E-state index in [9.17, 15) is 9.59 Å². The molecule has 240 valence electrons. The molecule has 4 nitrogen and oxygen atoms in total. The molecule has 0 spiro atoms. The maximum atomic E-state index is 16.3. The van der Waals surface area contributed by atoms with Crippen molar-refractivity contribution in [3.8, 4) is 0 Å². The van der Waals surface area contributed by atoms with Gasteiger partial charge in [0.05, 0.1) is 0 Å². The zero-order chi connectivity index (χ0) is 33.1. The minimum atomic E-state index is -5.98. The van der Waals surface area contributed by atoms with Gasteiger partial charge in [-0.1, -0.05) is 0 Å². The van der Waals surface area contributed by atoms with Crippen molar-refractivity contribution < 1.29 is 61.3 Å². The van der Waals surface area contributed by atoms with Crippen LogP contribution in [0, 0.1) is 46.5 Å². The van der Waals surface area contributed by atoms with Crippen LogP contribution in [-0.2, 0) is 39.3 Å². The number of hydrogen-bond acceptors (Lipinski definition) is 2. The summed E-state index contributed by atoms with van der Waals surface area (Å²) in [5.74, 6) is -16.9. The van der Waals surface area contributed by atoms with Gasteiger partial charge in [-0.3, -0.25) is 0 Å². The summed E-state index contributed by atoms with van der Waals surface area (Å²) in [6.45, 7) is 1.48. The second kappa shape index (κ2) is 14.3. The van der Waals surface area contributed by atoms with Gasteiger partial charge in [0.1, 0.15) is 0 Å². The molecule has 0 radical (unpaired) electrons. The summed E-state index contributed by atoms with van der Waals surface area (Å²) in [4.78, 5) is 23.8. The Morgan fingerprint density at radius 1 is 0.600 bits per heavy atom. The Hall–Kier alpha value is -3.51. The zero-order valence-electron chi connectivity index (χ0n) is 24.5. The van der Waals surface area contributed by atoms with Gasteiger partial charge in [0, 0.05) is 0 Å². The summed E-state index contributed by atoms with van der Waals surface area (Å²) >= 11 is -5.98. The Balaban J connectivity index is 2.05. The third-order valence-corrected chi connectivity index (χ3v) is 15.7. The van der Waals surface area contributed by atoms with Gasteiger partial charge in [0.2, 0.25) is 0 Å². The van der Waals surface area contributed by atoms with Gasteiger partial charge >= 0.3 is 259 Å². The maximum absolute atomic E-state index is 16.3. The molecule has 0 saturated heterocycles. The second-order valence-corrected chi connectivity index (χ2v) is 16.6. The van der Waals surface area contributed by atoms with E-state index in [0.29, 0.717) is 12.8 Å². The summed E-state index contributed by atoms with van der Waals surface area (Å²) in [6.07, 6.45) is 8.66. The Morgan fingerprint density at radius 2 is 0.933 bits per heavy atom. The first kappa shape index (κ1) is 34.4. The summed E-state index contributed by atoms with van der Waals surface area (Å²) in [7, 11) is 0. The third-order valence-electron chi connectivity index (χ3n) is 7.84. The monoisotopic (exact) mass is 674 g/mol. The standard InChI is InChI=1S/2C11H10F4NO.2C5H5.Ti/c2*1-2-3-9(17)16-5-6-10(14)7(12)4-8(13)11(6)15;2*1-2-4-5-3-1;/h2*2-3,5H2,1H3,(H,16,17);2*1-3H,4H2;. The number of hydrogen-bond donors (Lipinski definition) is 2. The molecule has 0 aromatic heterocycles. The van der Waals surface area contributed by atoms with E-state index in [4.69, 9.17) is 0 Å². The molecule has 2 aliphatic carbocycles. The van der Waals surface area contributed by atoms with Crippen LogP contribution in [0.25, 0.3) is 0 Å². The molecular formula is C32H30F8N2O2Ti. The van der Waals surface area contributed by atoms with E-state index in [1.54, 1.807) is 13.8 Å². The van der Waals surface area contributed by atoms with Crippen LogP contribution in [0.5, 0.6) is 0 Å². The van der Waals surface area contributed by atoms with Gasteiger partial charge in [0.25, 0.3) is 0 Å². The zero-order valence-corrected chi connectivity index (χ0v) is 26.0. The van der Waals surface area contributed by atoms with Crippen LogP contribution >= 0.6 is 0 Å². The molecule has 2 N–H and O–H groups in total. The fourth-order valence-electron chi connectivity index (χ4n) is 5.75. The molecule has 13 heteroatoms. The quantitative estimate of drug-likeness (QED) is 0.155. The van der Waals surface area contributed by atoms with Gasteiger partial charge in [-0.15, -0.1) is 0 Å². The van der Waals surface area contributed by atoms with E-state index in [0.717, 1.165) is 0 Å². The Kier molecular flexibility index (Phi) is 10.9. The second-order valence-electron chi connectivity index (χ2n) is 10.7. The number of benzene rings is 2. The molecule has 0 saturated carbocycles. The van der Waals surface area contributed by atoms with Crippen LogP contribution in [0.15, 0.2) is 44.2 Å². The van der Waals surface area contributed by atoms with Crippen LogP contribution in [0.4, 0.5) is 35.1 Å². The molecule has 0 heterocycles. The molecule has 0 bridgehead atoms. The number of rotatable bonds is 12. The molecule has 0 atom stereocenters. The van der Waals surface area contributed by atoms with Crippen LogP contribution in [-0.4, -0.2) is 11.8 Å². The third kappa shape index (κ3) is 6.19. The molecule has 2 aromatic carbocycles. The normalized spacial score (nSPS) is 14.2. The van der Waals surface area contributed by atoms with Gasteiger partial charge < -0.3 is 0 Å². The van der Waals surface area contributed by atoms with Crippen molar-refractivity contribution in [3.05, 3.63) is 102 Å². The number of halogens is 8. The molecule has 2 aliphatic rings. The summed E-state index contributed by atoms with van der Waals surface area (Å²) in [5, 5.41) is 4.35. The fraction of sp³-hybridized carbons (Fsp3) is 0.312. The van der Waals surface area contributed by atoms with E-state index in [1.807, 2.05) is 0 Å². The van der Waals surface area contributed by atoms with Crippen LogP contribution in [0.2, 0.25) is 0 Å². The van der Waals surface area contributed by atoms with Crippen molar-refractivity contribution in [1.82, 2.24) is 10.6 Å².